The Hall–Kier alpha value is -2.37. The van der Waals surface area contributed by atoms with E-state index in [1.165, 1.54) is 12.1 Å². The minimum atomic E-state index is -0.618. The summed E-state index contributed by atoms with van der Waals surface area (Å²) in [5.74, 6) is -0.785. The Morgan fingerprint density at radius 1 is 1.56 bits per heavy atom. The zero-order chi connectivity index (χ0) is 13.7. The Balaban J connectivity index is 2.94. The maximum atomic E-state index is 11.4. The molecule has 0 saturated heterocycles. The molecule has 0 amide bonds. The van der Waals surface area contributed by atoms with Gasteiger partial charge in [-0.25, -0.2) is 4.79 Å². The van der Waals surface area contributed by atoms with Crippen LogP contribution < -0.4 is 0 Å². The van der Waals surface area contributed by atoms with Crippen LogP contribution in [0.3, 0.4) is 0 Å². The predicted molar refractivity (Wildman–Crippen MR) is 64.2 cm³/mol. The summed E-state index contributed by atoms with van der Waals surface area (Å²) in [4.78, 5) is 21.5. The molecule has 0 saturated carbocycles. The molecule has 0 aromatic heterocycles. The van der Waals surface area contributed by atoms with Gasteiger partial charge in [-0.1, -0.05) is 6.58 Å². The maximum absolute atomic E-state index is 11.4. The molecule has 0 radical (unpaired) electrons. The Labute approximate surface area is 104 Å². The Morgan fingerprint density at radius 2 is 2.22 bits per heavy atom. The first-order valence-corrected chi connectivity index (χ1v) is 5.27. The molecule has 6 heteroatoms. The molecular weight excluding hydrogens is 238 g/mol. The number of nitrogens with zero attached hydrogens (tertiary/aromatic N) is 1. The number of ether oxygens (including phenoxy) is 1. The fourth-order valence-electron chi connectivity index (χ4n) is 1.41. The zero-order valence-electron chi connectivity index (χ0n) is 9.88. The van der Waals surface area contributed by atoms with E-state index >= 15 is 0 Å². The second kappa shape index (κ2) is 5.81. The van der Waals surface area contributed by atoms with Crippen molar-refractivity contribution >= 4 is 11.7 Å². The van der Waals surface area contributed by atoms with Crippen LogP contribution in [-0.4, -0.2) is 22.6 Å². The lowest BCUT2D eigenvalue weighted by atomic mass is 10.0. The molecule has 0 bridgehead atoms. The van der Waals surface area contributed by atoms with Gasteiger partial charge in [-0.3, -0.25) is 10.1 Å². The Kier molecular flexibility index (Phi) is 4.42. The summed E-state index contributed by atoms with van der Waals surface area (Å²) in [5, 5.41) is 20.0. The van der Waals surface area contributed by atoms with E-state index in [4.69, 9.17) is 4.74 Å². The molecule has 1 aromatic carbocycles. The van der Waals surface area contributed by atoms with Crippen molar-refractivity contribution in [2.45, 2.75) is 13.3 Å². The number of hydrogen-bond acceptors (Lipinski definition) is 5. The van der Waals surface area contributed by atoms with Gasteiger partial charge in [0.25, 0.3) is 5.69 Å². The number of carbonyl (C=O) groups excluding carboxylic acids is 1. The summed E-state index contributed by atoms with van der Waals surface area (Å²) in [5.41, 5.74) is 0.182. The van der Waals surface area contributed by atoms with Crippen LogP contribution in [0.2, 0.25) is 0 Å². The average molecular weight is 251 g/mol. The van der Waals surface area contributed by atoms with Crippen LogP contribution in [0.15, 0.2) is 30.4 Å². The van der Waals surface area contributed by atoms with Crippen LogP contribution in [0.5, 0.6) is 5.75 Å². The molecule has 96 valence electrons. The third kappa shape index (κ3) is 3.31. The largest absolute Gasteiger partial charge is 0.508 e. The van der Waals surface area contributed by atoms with Gasteiger partial charge in [0, 0.05) is 17.6 Å². The first-order valence-electron chi connectivity index (χ1n) is 5.27. The topological polar surface area (TPSA) is 89.7 Å². The minimum Gasteiger partial charge on any atom is -0.508 e. The minimum absolute atomic E-state index is 0.00935. The van der Waals surface area contributed by atoms with Gasteiger partial charge in [0.1, 0.15) is 5.75 Å². The van der Waals surface area contributed by atoms with Gasteiger partial charge in [-0.15, -0.1) is 0 Å². The summed E-state index contributed by atoms with van der Waals surface area (Å²) in [6.45, 7) is 5.41. The fourth-order valence-corrected chi connectivity index (χ4v) is 1.41. The van der Waals surface area contributed by atoms with Crippen LogP contribution in [-0.2, 0) is 16.0 Å². The van der Waals surface area contributed by atoms with E-state index in [0.717, 1.165) is 6.07 Å². The number of hydrogen-bond donors (Lipinski definition) is 1. The summed E-state index contributed by atoms with van der Waals surface area (Å²) in [6, 6.07) is 3.74. The molecule has 1 rings (SSSR count). The number of phenolic OH excluding ortho intramolecular Hbond substituents is 1. The number of nitro benzene ring substituents is 1. The molecular formula is C12H13NO5. The van der Waals surface area contributed by atoms with Gasteiger partial charge < -0.3 is 9.84 Å². The molecule has 0 aliphatic rings. The molecule has 6 nitrogen and oxygen atoms in total. The average Bonchev–Trinajstić information content (AvgIpc) is 2.31. The first kappa shape index (κ1) is 13.7. The summed E-state index contributed by atoms with van der Waals surface area (Å²) in [7, 11) is 0. The molecule has 0 unspecified atom stereocenters. The zero-order valence-corrected chi connectivity index (χ0v) is 9.88. The van der Waals surface area contributed by atoms with E-state index in [9.17, 15) is 20.0 Å². The van der Waals surface area contributed by atoms with Crippen LogP contribution in [0.4, 0.5) is 5.69 Å². The normalized spacial score (nSPS) is 9.83. The highest BCUT2D eigenvalue weighted by molar-refractivity contribution is 5.88. The Bertz CT molecular complexity index is 495. The van der Waals surface area contributed by atoms with Gasteiger partial charge in [-0.2, -0.15) is 0 Å². The number of rotatable bonds is 5. The van der Waals surface area contributed by atoms with Crippen molar-refractivity contribution in [2.75, 3.05) is 6.61 Å². The highest BCUT2D eigenvalue weighted by Crippen LogP contribution is 2.25. The van der Waals surface area contributed by atoms with Crippen molar-refractivity contribution in [3.05, 3.63) is 46.0 Å². The van der Waals surface area contributed by atoms with E-state index < -0.39 is 10.9 Å². The van der Waals surface area contributed by atoms with Crippen molar-refractivity contribution in [2.24, 2.45) is 0 Å². The molecule has 1 N–H and O–H groups in total. The summed E-state index contributed by atoms with van der Waals surface area (Å²) in [6.07, 6.45) is 0.00935. The van der Waals surface area contributed by atoms with Crippen LogP contribution >= 0.6 is 0 Å². The SMILES string of the molecule is C=C(Cc1ccc(O)cc1[N+](=O)[O-])C(=O)OCC. The van der Waals surface area contributed by atoms with Crippen molar-refractivity contribution in [3.63, 3.8) is 0 Å². The molecule has 18 heavy (non-hydrogen) atoms. The monoisotopic (exact) mass is 251 g/mol. The summed E-state index contributed by atoms with van der Waals surface area (Å²) >= 11 is 0. The lowest BCUT2D eigenvalue weighted by Gasteiger charge is -2.06. The van der Waals surface area contributed by atoms with Gasteiger partial charge in [0.15, 0.2) is 0 Å². The van der Waals surface area contributed by atoms with Crippen LogP contribution in [0, 0.1) is 10.1 Å². The highest BCUT2D eigenvalue weighted by atomic mass is 16.6. The van der Waals surface area contributed by atoms with Crippen LogP contribution in [0.25, 0.3) is 0 Å². The predicted octanol–water partition coefficient (Wildman–Crippen LogP) is 1.96. The Morgan fingerprint density at radius 3 is 2.78 bits per heavy atom. The quantitative estimate of drug-likeness (QED) is 0.374. The third-order valence-corrected chi connectivity index (χ3v) is 2.23. The molecule has 0 aliphatic heterocycles. The van der Waals surface area contributed by atoms with Crippen LogP contribution in [0.1, 0.15) is 12.5 Å². The molecule has 1 aromatic rings. The molecule has 0 aliphatic carbocycles. The van der Waals surface area contributed by atoms with Gasteiger partial charge in [0.05, 0.1) is 17.6 Å². The van der Waals surface area contributed by atoms with Gasteiger partial charge >= 0.3 is 5.97 Å². The van der Waals surface area contributed by atoms with E-state index in [1.54, 1.807) is 6.92 Å². The van der Waals surface area contributed by atoms with E-state index in [2.05, 4.69) is 6.58 Å². The smallest absolute Gasteiger partial charge is 0.333 e. The van der Waals surface area contributed by atoms with Gasteiger partial charge in [0.2, 0.25) is 0 Å². The first-order chi connectivity index (χ1) is 8.45. The number of phenols is 1. The van der Waals surface area contributed by atoms with Crippen molar-refractivity contribution in [1.29, 1.82) is 0 Å². The number of carbonyl (C=O) groups is 1. The van der Waals surface area contributed by atoms with Crippen molar-refractivity contribution in [3.8, 4) is 5.75 Å². The standard InChI is InChI=1S/C12H13NO5/c1-3-18-12(15)8(2)6-9-4-5-10(14)7-11(9)13(16)17/h4-5,7,14H,2-3,6H2,1H3. The fraction of sp³-hybridized carbons (Fsp3) is 0.250. The second-order valence-electron chi connectivity index (χ2n) is 3.57. The molecule has 0 atom stereocenters. The number of esters is 1. The van der Waals surface area contributed by atoms with Gasteiger partial charge in [-0.05, 0) is 19.1 Å². The number of nitro groups is 1. The van der Waals surface area contributed by atoms with E-state index in [1.807, 2.05) is 0 Å². The van der Waals surface area contributed by atoms with E-state index in [0.29, 0.717) is 5.56 Å². The van der Waals surface area contributed by atoms with E-state index in [-0.39, 0.29) is 30.0 Å². The lowest BCUT2D eigenvalue weighted by Crippen LogP contribution is -2.09. The number of aromatic hydroxyl groups is 1. The number of benzene rings is 1. The maximum Gasteiger partial charge on any atom is 0.333 e. The highest BCUT2D eigenvalue weighted by Gasteiger charge is 2.18. The van der Waals surface area contributed by atoms with Crippen molar-refractivity contribution in [1.82, 2.24) is 0 Å². The molecule has 0 spiro atoms. The second-order valence-corrected chi connectivity index (χ2v) is 3.57. The molecule has 0 heterocycles. The third-order valence-electron chi connectivity index (χ3n) is 2.23. The summed E-state index contributed by atoms with van der Waals surface area (Å²) < 4.78 is 4.74. The van der Waals surface area contributed by atoms with Crippen molar-refractivity contribution < 1.29 is 19.6 Å². The lowest BCUT2D eigenvalue weighted by molar-refractivity contribution is -0.385. The molecule has 0 fully saturated rings.